The van der Waals surface area contributed by atoms with Crippen LogP contribution in [0, 0.1) is 11.8 Å². The second-order valence-corrected chi connectivity index (χ2v) is 7.95. The van der Waals surface area contributed by atoms with Crippen LogP contribution in [0.2, 0.25) is 0 Å². The molecule has 1 atom stereocenters. The largest absolute Gasteiger partial charge is 0.392 e. The van der Waals surface area contributed by atoms with Crippen LogP contribution < -0.4 is 5.73 Å². The van der Waals surface area contributed by atoms with Crippen molar-refractivity contribution in [3.05, 3.63) is 65.6 Å². The number of benzene rings is 1. The van der Waals surface area contributed by atoms with Crippen molar-refractivity contribution in [2.75, 3.05) is 25.4 Å². The average molecular weight is 446 g/mol. The predicted molar refractivity (Wildman–Crippen MR) is 131 cm³/mol. The van der Waals surface area contributed by atoms with E-state index < -0.39 is 6.10 Å². The van der Waals surface area contributed by atoms with E-state index in [2.05, 4.69) is 40.7 Å². The third kappa shape index (κ3) is 6.51. The molecule has 172 valence electrons. The van der Waals surface area contributed by atoms with Crippen molar-refractivity contribution < 1.29 is 9.90 Å². The van der Waals surface area contributed by atoms with Crippen molar-refractivity contribution in [1.29, 1.82) is 0 Å². The summed E-state index contributed by atoms with van der Waals surface area (Å²) in [6, 6.07) is 9.06. The van der Waals surface area contributed by atoms with Crippen molar-refractivity contribution in [3.8, 4) is 23.0 Å². The summed E-state index contributed by atoms with van der Waals surface area (Å²) in [5, 5.41) is 14.4. The maximum atomic E-state index is 12.5. The van der Waals surface area contributed by atoms with E-state index in [1.807, 2.05) is 31.4 Å². The molecule has 0 aliphatic rings. The highest BCUT2D eigenvalue weighted by atomic mass is 16.3. The quantitative estimate of drug-likeness (QED) is 0.388. The van der Waals surface area contributed by atoms with Crippen LogP contribution in [-0.2, 0) is 7.05 Å². The number of nitrogen functional groups attached to an aromatic ring is 1. The topological polar surface area (TPSA) is 97.3 Å². The van der Waals surface area contributed by atoms with Gasteiger partial charge in [0.15, 0.2) is 5.78 Å². The number of aliphatic hydroxyl groups excluding tert-OH is 1. The number of Topliss-reactive ketones (excluding diaryl/α,β-unsaturated/α-hetero) is 1. The summed E-state index contributed by atoms with van der Waals surface area (Å²) in [5.41, 5.74) is 9.92. The van der Waals surface area contributed by atoms with Crippen LogP contribution in [0.5, 0.6) is 0 Å². The fourth-order valence-corrected chi connectivity index (χ4v) is 3.60. The standard InChI is InChI=1S/C26H31N5O2/c1-4-31(5-2)18-22(32)11-13-25(33)20-9-6-19(7-10-20)8-12-24-23(14-15-28-26(24)27)21-16-29-30(3)17-21/h6-7,9-10,14-17,22,32H,4-5,11,13,18H2,1-3H3,(H2,27,28). The molecule has 0 radical (unpaired) electrons. The van der Waals surface area contributed by atoms with Gasteiger partial charge in [-0.15, -0.1) is 0 Å². The number of hydrogen-bond donors (Lipinski definition) is 2. The van der Waals surface area contributed by atoms with Gasteiger partial charge in [0, 0.05) is 54.7 Å². The zero-order valence-corrected chi connectivity index (χ0v) is 19.5. The molecule has 1 aromatic carbocycles. The van der Waals surface area contributed by atoms with Crippen molar-refractivity contribution in [1.82, 2.24) is 19.7 Å². The minimum Gasteiger partial charge on any atom is -0.392 e. The molecule has 0 amide bonds. The van der Waals surface area contributed by atoms with E-state index in [1.54, 1.807) is 29.2 Å². The number of aliphatic hydroxyl groups is 1. The van der Waals surface area contributed by atoms with Gasteiger partial charge in [-0.3, -0.25) is 9.48 Å². The Morgan fingerprint density at radius 2 is 1.91 bits per heavy atom. The molecule has 7 heteroatoms. The molecule has 3 rings (SSSR count). The molecular weight excluding hydrogens is 414 g/mol. The van der Waals surface area contributed by atoms with Gasteiger partial charge in [-0.1, -0.05) is 37.8 Å². The molecule has 0 saturated heterocycles. The molecule has 3 aromatic rings. The number of carbonyl (C=O) groups is 1. The molecule has 0 fully saturated rings. The number of ketones is 1. The number of hydrogen-bond acceptors (Lipinski definition) is 6. The first-order valence-electron chi connectivity index (χ1n) is 11.2. The van der Waals surface area contributed by atoms with E-state index in [-0.39, 0.29) is 5.78 Å². The van der Waals surface area contributed by atoms with Gasteiger partial charge in [0.05, 0.1) is 17.9 Å². The number of nitrogens with two attached hydrogens (primary N) is 1. The second kappa shape index (κ2) is 11.4. The Kier molecular flexibility index (Phi) is 8.36. The molecular formula is C26H31N5O2. The van der Waals surface area contributed by atoms with E-state index in [4.69, 9.17) is 5.73 Å². The molecule has 33 heavy (non-hydrogen) atoms. The Labute approximate surface area is 195 Å². The summed E-state index contributed by atoms with van der Waals surface area (Å²) in [7, 11) is 1.86. The Morgan fingerprint density at radius 3 is 2.55 bits per heavy atom. The lowest BCUT2D eigenvalue weighted by molar-refractivity contribution is 0.0877. The normalized spacial score (nSPS) is 11.8. The summed E-state index contributed by atoms with van der Waals surface area (Å²) in [5.74, 6) is 6.62. The first-order chi connectivity index (χ1) is 15.9. The van der Waals surface area contributed by atoms with E-state index in [0.717, 1.165) is 29.8 Å². The summed E-state index contributed by atoms with van der Waals surface area (Å²) < 4.78 is 1.72. The van der Waals surface area contributed by atoms with Crippen LogP contribution in [-0.4, -0.2) is 56.3 Å². The molecule has 3 N–H and O–H groups in total. The van der Waals surface area contributed by atoms with E-state index in [1.165, 1.54) is 0 Å². The number of carbonyl (C=O) groups excluding carboxylic acids is 1. The highest BCUT2D eigenvalue weighted by Gasteiger charge is 2.13. The summed E-state index contributed by atoms with van der Waals surface area (Å²) in [6.45, 7) is 6.49. The number of rotatable bonds is 9. The summed E-state index contributed by atoms with van der Waals surface area (Å²) in [4.78, 5) is 18.8. The smallest absolute Gasteiger partial charge is 0.162 e. The maximum Gasteiger partial charge on any atom is 0.162 e. The van der Waals surface area contributed by atoms with Crippen LogP contribution in [0.4, 0.5) is 5.82 Å². The van der Waals surface area contributed by atoms with Gasteiger partial charge in [-0.25, -0.2) is 4.98 Å². The first-order valence-corrected chi connectivity index (χ1v) is 11.2. The third-order valence-electron chi connectivity index (χ3n) is 5.60. The van der Waals surface area contributed by atoms with Crippen molar-refractivity contribution in [2.45, 2.75) is 32.8 Å². The molecule has 0 aliphatic heterocycles. The van der Waals surface area contributed by atoms with E-state index >= 15 is 0 Å². The van der Waals surface area contributed by atoms with Gasteiger partial charge >= 0.3 is 0 Å². The molecule has 0 aliphatic carbocycles. The van der Waals surface area contributed by atoms with Gasteiger partial charge in [0.2, 0.25) is 0 Å². The zero-order valence-electron chi connectivity index (χ0n) is 19.5. The van der Waals surface area contributed by atoms with Gasteiger partial charge in [0.1, 0.15) is 5.82 Å². The highest BCUT2D eigenvalue weighted by molar-refractivity contribution is 5.96. The predicted octanol–water partition coefficient (Wildman–Crippen LogP) is 3.13. The average Bonchev–Trinajstić information content (AvgIpc) is 3.26. The Hall–Kier alpha value is -3.47. The van der Waals surface area contributed by atoms with Crippen molar-refractivity contribution >= 4 is 11.6 Å². The fourth-order valence-electron chi connectivity index (χ4n) is 3.60. The molecule has 2 aromatic heterocycles. The Bertz CT molecular complexity index is 1140. The van der Waals surface area contributed by atoms with Gasteiger partial charge in [0.25, 0.3) is 0 Å². The minimum atomic E-state index is -0.502. The number of aromatic nitrogens is 3. The lowest BCUT2D eigenvalue weighted by Gasteiger charge is -2.21. The Balaban J connectivity index is 1.67. The summed E-state index contributed by atoms with van der Waals surface area (Å²) in [6.07, 6.45) is 5.58. The molecule has 0 spiro atoms. The fraction of sp³-hybridized carbons (Fsp3) is 0.346. The number of pyridine rings is 1. The lowest BCUT2D eigenvalue weighted by Crippen LogP contribution is -2.32. The van der Waals surface area contributed by atoms with Gasteiger partial charge in [-0.05, 0) is 37.7 Å². The Morgan fingerprint density at radius 1 is 1.18 bits per heavy atom. The number of nitrogens with zero attached hydrogens (tertiary/aromatic N) is 4. The van der Waals surface area contributed by atoms with Crippen LogP contribution in [0.1, 0.15) is 48.2 Å². The van der Waals surface area contributed by atoms with Crippen molar-refractivity contribution in [2.24, 2.45) is 7.05 Å². The highest BCUT2D eigenvalue weighted by Crippen LogP contribution is 2.25. The van der Waals surface area contributed by atoms with E-state index in [0.29, 0.717) is 36.3 Å². The van der Waals surface area contributed by atoms with Gasteiger partial charge < -0.3 is 15.7 Å². The SMILES string of the molecule is CCN(CC)CC(O)CCC(=O)c1ccc(C#Cc2c(-c3cnn(C)c3)ccnc2N)cc1. The molecule has 2 heterocycles. The van der Waals surface area contributed by atoms with Crippen molar-refractivity contribution in [3.63, 3.8) is 0 Å². The van der Waals surface area contributed by atoms with Gasteiger partial charge in [-0.2, -0.15) is 5.10 Å². The number of anilines is 1. The molecule has 7 nitrogen and oxygen atoms in total. The maximum absolute atomic E-state index is 12.5. The van der Waals surface area contributed by atoms with Crippen LogP contribution in [0.25, 0.3) is 11.1 Å². The first kappa shape index (κ1) is 24.2. The lowest BCUT2D eigenvalue weighted by atomic mass is 10.0. The third-order valence-corrected chi connectivity index (χ3v) is 5.60. The number of aryl methyl sites for hydroxylation is 1. The van der Waals surface area contributed by atoms with Crippen LogP contribution in [0.15, 0.2) is 48.9 Å². The molecule has 0 bridgehead atoms. The number of likely N-dealkylation sites (N-methyl/N-ethyl adjacent to an activating group) is 1. The molecule has 0 saturated carbocycles. The molecule has 1 unspecified atom stereocenters. The monoisotopic (exact) mass is 445 g/mol. The zero-order chi connectivity index (χ0) is 23.8. The minimum absolute atomic E-state index is 0.0171. The van der Waals surface area contributed by atoms with Crippen LogP contribution >= 0.6 is 0 Å². The second-order valence-electron chi connectivity index (χ2n) is 7.95. The van der Waals surface area contributed by atoms with E-state index in [9.17, 15) is 9.90 Å². The van der Waals surface area contributed by atoms with Crippen LogP contribution in [0.3, 0.4) is 0 Å². The summed E-state index contributed by atoms with van der Waals surface area (Å²) >= 11 is 0.